The van der Waals surface area contributed by atoms with Gasteiger partial charge in [0.2, 0.25) is 0 Å². The molecule has 12 heteroatoms. The Morgan fingerprint density at radius 1 is 0.973 bits per heavy atom. The van der Waals surface area contributed by atoms with E-state index in [9.17, 15) is 40.6 Å². The minimum Gasteiger partial charge on any atom is -0.481 e. The molecule has 0 saturated carbocycles. The normalized spacial score (nSPS) is 14.9. The predicted octanol–water partition coefficient (Wildman–Crippen LogP) is 6.72. The molecule has 37 heavy (non-hydrogen) atoms. The van der Waals surface area contributed by atoms with Gasteiger partial charge >= 0.3 is 18.3 Å². The molecule has 0 fully saturated rings. The summed E-state index contributed by atoms with van der Waals surface area (Å²) in [6.07, 6.45) is -8.65. The third-order valence-corrected chi connectivity index (χ3v) is 6.48. The fourth-order valence-electron chi connectivity index (χ4n) is 4.25. The van der Waals surface area contributed by atoms with Crippen molar-refractivity contribution in [3.8, 4) is 11.1 Å². The van der Waals surface area contributed by atoms with Gasteiger partial charge in [0, 0.05) is 12.1 Å². The minimum atomic E-state index is -5.04. The summed E-state index contributed by atoms with van der Waals surface area (Å²) >= 11 is 0. The van der Waals surface area contributed by atoms with E-state index in [0.29, 0.717) is 12.1 Å². The highest BCUT2D eigenvalue weighted by atomic mass is 19.4. The van der Waals surface area contributed by atoms with Crippen molar-refractivity contribution in [1.29, 1.82) is 0 Å². The number of hydrogen-bond donors (Lipinski definition) is 1. The highest BCUT2D eigenvalue weighted by Crippen LogP contribution is 2.43. The molecule has 0 aliphatic heterocycles. The maximum Gasteiger partial charge on any atom is 0.435 e. The van der Waals surface area contributed by atoms with E-state index in [1.165, 1.54) is 38.1 Å². The van der Waals surface area contributed by atoms with E-state index in [-0.39, 0.29) is 16.8 Å². The Morgan fingerprint density at radius 2 is 1.62 bits per heavy atom. The Balaban J connectivity index is 1.99. The van der Waals surface area contributed by atoms with Gasteiger partial charge in [-0.3, -0.25) is 4.79 Å². The van der Waals surface area contributed by atoms with E-state index in [4.69, 9.17) is 0 Å². The van der Waals surface area contributed by atoms with Gasteiger partial charge in [0.15, 0.2) is 11.3 Å². The molecule has 0 aliphatic rings. The molecule has 2 aromatic carbocycles. The first-order valence-corrected chi connectivity index (χ1v) is 10.8. The zero-order chi connectivity index (χ0) is 27.3. The van der Waals surface area contributed by atoms with Gasteiger partial charge < -0.3 is 5.11 Å². The maximum absolute atomic E-state index is 14.1. The summed E-state index contributed by atoms with van der Waals surface area (Å²) < 4.78 is 95.8. The van der Waals surface area contributed by atoms with Gasteiger partial charge in [-0.15, -0.1) is 0 Å². The molecular formula is C25H18F7N3O2. The van der Waals surface area contributed by atoms with Crippen LogP contribution in [0.4, 0.5) is 30.7 Å². The second-order valence-electron chi connectivity index (χ2n) is 8.65. The van der Waals surface area contributed by atoms with Crippen LogP contribution in [-0.4, -0.2) is 25.7 Å². The van der Waals surface area contributed by atoms with Gasteiger partial charge in [0.05, 0.1) is 16.8 Å². The average molecular weight is 525 g/mol. The highest BCUT2D eigenvalue weighted by Gasteiger charge is 2.46. The Hall–Kier alpha value is -3.96. The van der Waals surface area contributed by atoms with Crippen LogP contribution in [-0.2, 0) is 22.6 Å². The van der Waals surface area contributed by atoms with Crippen molar-refractivity contribution >= 4 is 11.6 Å². The Kier molecular flexibility index (Phi) is 6.25. The summed E-state index contributed by atoms with van der Waals surface area (Å²) in [4.78, 5) is 16.5. The quantitative estimate of drug-likeness (QED) is 0.294. The molecule has 0 radical (unpaired) electrons. The van der Waals surface area contributed by atoms with Crippen LogP contribution in [0.5, 0.6) is 0 Å². The molecule has 0 bridgehead atoms. The summed E-state index contributed by atoms with van der Waals surface area (Å²) in [5.74, 6) is -2.99. The first-order valence-electron chi connectivity index (χ1n) is 10.8. The van der Waals surface area contributed by atoms with Crippen molar-refractivity contribution in [3.05, 3.63) is 89.1 Å². The van der Waals surface area contributed by atoms with Crippen LogP contribution in [0.3, 0.4) is 0 Å². The standard InChI is InChI=1S/C25H18F7N3O2/c1-13(15-4-3-5-17(26)12-15)23(2,22(36)37)18-10-11-33-21-19(20(25(30,31)32)34-35(18)21)14-6-8-16(9-7-14)24(27,28)29/h3-13H,1-2H3,(H,36,37)/t13?,23-/m1/s1. The average Bonchev–Trinajstić information content (AvgIpc) is 3.23. The number of aliphatic carboxylic acids is 1. The molecule has 2 aromatic heterocycles. The van der Waals surface area contributed by atoms with Gasteiger partial charge in [0.25, 0.3) is 0 Å². The summed E-state index contributed by atoms with van der Waals surface area (Å²) in [5.41, 5.74) is -5.57. The Morgan fingerprint density at radius 3 is 2.16 bits per heavy atom. The van der Waals surface area contributed by atoms with Gasteiger partial charge in [-0.1, -0.05) is 31.2 Å². The van der Waals surface area contributed by atoms with Gasteiger partial charge in [-0.25, -0.2) is 13.9 Å². The second kappa shape index (κ2) is 8.86. The van der Waals surface area contributed by atoms with Crippen LogP contribution < -0.4 is 0 Å². The molecule has 0 amide bonds. The Labute approximate surface area is 205 Å². The lowest BCUT2D eigenvalue weighted by Gasteiger charge is -2.32. The number of rotatable bonds is 5. The third-order valence-electron chi connectivity index (χ3n) is 6.48. The van der Waals surface area contributed by atoms with Crippen molar-refractivity contribution < 1.29 is 40.6 Å². The van der Waals surface area contributed by atoms with Crippen molar-refractivity contribution in [2.45, 2.75) is 37.5 Å². The number of benzene rings is 2. The van der Waals surface area contributed by atoms with Crippen LogP contribution in [0.15, 0.2) is 60.8 Å². The largest absolute Gasteiger partial charge is 0.481 e. The van der Waals surface area contributed by atoms with Crippen LogP contribution >= 0.6 is 0 Å². The number of fused-ring (bicyclic) bond motifs is 1. The summed E-state index contributed by atoms with van der Waals surface area (Å²) in [6.45, 7) is 2.76. The topological polar surface area (TPSA) is 67.5 Å². The molecule has 2 atom stereocenters. The lowest BCUT2D eigenvalue weighted by atomic mass is 9.72. The zero-order valence-electron chi connectivity index (χ0n) is 19.2. The van der Waals surface area contributed by atoms with E-state index < -0.39 is 57.9 Å². The van der Waals surface area contributed by atoms with E-state index >= 15 is 0 Å². The molecule has 4 aromatic rings. The molecule has 0 saturated heterocycles. The second-order valence-corrected chi connectivity index (χ2v) is 8.65. The number of nitrogens with zero attached hydrogens (tertiary/aromatic N) is 3. The van der Waals surface area contributed by atoms with Crippen LogP contribution in [0.2, 0.25) is 0 Å². The maximum atomic E-state index is 14.1. The number of carboxylic acid groups (broad SMARTS) is 1. The molecule has 4 rings (SSSR count). The summed E-state index contributed by atoms with van der Waals surface area (Å²) in [7, 11) is 0. The van der Waals surface area contributed by atoms with Crippen LogP contribution in [0, 0.1) is 5.82 Å². The number of carboxylic acids is 1. The fourth-order valence-corrected chi connectivity index (χ4v) is 4.25. The highest BCUT2D eigenvalue weighted by molar-refractivity contribution is 5.84. The summed E-state index contributed by atoms with van der Waals surface area (Å²) in [5, 5.41) is 13.9. The summed E-state index contributed by atoms with van der Waals surface area (Å²) in [6, 6.07) is 9.37. The third kappa shape index (κ3) is 4.51. The lowest BCUT2D eigenvalue weighted by Crippen LogP contribution is -2.39. The minimum absolute atomic E-state index is 0.189. The fraction of sp³-hybridized carbons (Fsp3) is 0.240. The number of alkyl halides is 6. The number of hydrogen-bond acceptors (Lipinski definition) is 3. The molecule has 1 N–H and O–H groups in total. The molecule has 0 spiro atoms. The van der Waals surface area contributed by atoms with Crippen molar-refractivity contribution in [3.63, 3.8) is 0 Å². The number of aromatic nitrogens is 3. The molecule has 0 aliphatic carbocycles. The van der Waals surface area contributed by atoms with E-state index in [1.54, 1.807) is 0 Å². The van der Waals surface area contributed by atoms with Crippen molar-refractivity contribution in [2.75, 3.05) is 0 Å². The van der Waals surface area contributed by atoms with Gasteiger partial charge in [-0.2, -0.15) is 31.4 Å². The molecule has 194 valence electrons. The number of halogens is 7. The number of carbonyl (C=O) groups is 1. The first kappa shape index (κ1) is 26.1. The van der Waals surface area contributed by atoms with Gasteiger partial charge in [0.1, 0.15) is 11.2 Å². The molecule has 5 nitrogen and oxygen atoms in total. The van der Waals surface area contributed by atoms with Gasteiger partial charge in [-0.05, 0) is 48.4 Å². The molecule has 1 unspecified atom stereocenters. The Bertz CT molecular complexity index is 1480. The molecular weight excluding hydrogens is 507 g/mol. The SMILES string of the molecule is CC(c1cccc(F)c1)[C@@](C)(C(=O)O)c1ccnc2c(-c3ccc(C(F)(F)F)cc3)c(C(F)(F)F)nn12. The van der Waals surface area contributed by atoms with E-state index in [1.807, 2.05) is 0 Å². The van der Waals surface area contributed by atoms with Crippen molar-refractivity contribution in [2.24, 2.45) is 0 Å². The smallest absolute Gasteiger partial charge is 0.435 e. The predicted molar refractivity (Wildman–Crippen MR) is 118 cm³/mol. The van der Waals surface area contributed by atoms with Crippen LogP contribution in [0.25, 0.3) is 16.8 Å². The zero-order valence-corrected chi connectivity index (χ0v) is 19.2. The van der Waals surface area contributed by atoms with Crippen molar-refractivity contribution in [1.82, 2.24) is 14.6 Å². The van der Waals surface area contributed by atoms with E-state index in [0.717, 1.165) is 28.9 Å². The first-order chi connectivity index (χ1) is 17.2. The van der Waals surface area contributed by atoms with E-state index in [2.05, 4.69) is 10.1 Å². The van der Waals surface area contributed by atoms with Crippen LogP contribution in [0.1, 0.15) is 42.3 Å². The molecule has 2 heterocycles. The lowest BCUT2D eigenvalue weighted by molar-refractivity contribution is -0.144. The monoisotopic (exact) mass is 525 g/mol.